The van der Waals surface area contributed by atoms with Crippen molar-refractivity contribution in [3.05, 3.63) is 39.7 Å². The fraction of sp³-hybridized carbons (Fsp3) is 0.550. The second kappa shape index (κ2) is 7.84. The van der Waals surface area contributed by atoms with Crippen molar-refractivity contribution in [3.63, 3.8) is 0 Å². The van der Waals surface area contributed by atoms with E-state index in [1.165, 1.54) is 17.8 Å². The van der Waals surface area contributed by atoms with E-state index in [0.29, 0.717) is 30.4 Å². The summed E-state index contributed by atoms with van der Waals surface area (Å²) in [5, 5.41) is 1.93. The Balaban J connectivity index is 1.40. The minimum Gasteiger partial charge on any atom is -0.445 e. The summed E-state index contributed by atoms with van der Waals surface area (Å²) in [6.07, 6.45) is 4.94. The van der Waals surface area contributed by atoms with Gasteiger partial charge in [0, 0.05) is 32.1 Å². The molecule has 27 heavy (non-hydrogen) atoms. The number of rotatable bonds is 3. The monoisotopic (exact) mass is 387 g/mol. The predicted molar refractivity (Wildman–Crippen MR) is 103 cm³/mol. The molecule has 144 valence electrons. The molecule has 2 aromatic rings. The van der Waals surface area contributed by atoms with Gasteiger partial charge in [0.2, 0.25) is 0 Å². The average molecular weight is 388 g/mol. The molecular weight excluding hydrogens is 362 g/mol. The first kappa shape index (κ1) is 18.2. The van der Waals surface area contributed by atoms with Crippen LogP contribution in [0.25, 0.3) is 0 Å². The number of nitrogens with zero attached hydrogens (tertiary/aromatic N) is 3. The molecule has 4 rings (SSSR count). The van der Waals surface area contributed by atoms with Gasteiger partial charge in [0.05, 0.1) is 4.88 Å². The van der Waals surface area contributed by atoms with Crippen molar-refractivity contribution in [2.75, 3.05) is 26.2 Å². The molecule has 2 amide bonds. The zero-order valence-electron chi connectivity index (χ0n) is 15.6. The highest BCUT2D eigenvalue weighted by molar-refractivity contribution is 7.12. The minimum absolute atomic E-state index is 0.00694. The molecule has 0 spiro atoms. The number of aromatic nitrogens is 1. The van der Waals surface area contributed by atoms with Crippen LogP contribution in [0, 0.1) is 6.92 Å². The van der Waals surface area contributed by atoms with Crippen LogP contribution in [0.15, 0.2) is 21.9 Å². The van der Waals surface area contributed by atoms with Gasteiger partial charge in [0.1, 0.15) is 5.76 Å². The van der Waals surface area contributed by atoms with Gasteiger partial charge in [-0.2, -0.15) is 0 Å². The molecular formula is C20H25N3O3S. The van der Waals surface area contributed by atoms with Gasteiger partial charge in [0.15, 0.2) is 11.6 Å². The van der Waals surface area contributed by atoms with Crippen molar-refractivity contribution in [2.24, 2.45) is 0 Å². The Bertz CT molecular complexity index is 801. The van der Waals surface area contributed by atoms with Crippen LogP contribution >= 0.6 is 11.3 Å². The summed E-state index contributed by atoms with van der Waals surface area (Å²) < 4.78 is 5.87. The van der Waals surface area contributed by atoms with Gasteiger partial charge in [-0.15, -0.1) is 11.3 Å². The normalized spacial score (nSPS) is 18.7. The number of hydrogen-bond acceptors (Lipinski definition) is 5. The fourth-order valence-electron chi connectivity index (χ4n) is 3.92. The van der Waals surface area contributed by atoms with Crippen molar-refractivity contribution in [1.82, 2.24) is 14.8 Å². The van der Waals surface area contributed by atoms with Crippen LogP contribution in [-0.2, 0) is 0 Å². The Morgan fingerprint density at radius 1 is 1.07 bits per heavy atom. The zero-order valence-corrected chi connectivity index (χ0v) is 16.5. The van der Waals surface area contributed by atoms with E-state index < -0.39 is 0 Å². The third kappa shape index (κ3) is 3.78. The molecule has 6 nitrogen and oxygen atoms in total. The highest BCUT2D eigenvalue weighted by Gasteiger charge is 2.30. The molecule has 4 heterocycles. The van der Waals surface area contributed by atoms with Crippen LogP contribution in [0.1, 0.15) is 69.8 Å². The minimum atomic E-state index is -0.00694. The molecule has 0 N–H and O–H groups in total. The third-order valence-electron chi connectivity index (χ3n) is 5.52. The number of aryl methyl sites for hydroxylation is 1. The summed E-state index contributed by atoms with van der Waals surface area (Å²) in [6, 6.07) is 3.77. The van der Waals surface area contributed by atoms with Gasteiger partial charge in [-0.3, -0.25) is 9.59 Å². The van der Waals surface area contributed by atoms with Crippen LogP contribution < -0.4 is 0 Å². The number of piperidine rings is 2. The van der Waals surface area contributed by atoms with Crippen molar-refractivity contribution in [2.45, 2.75) is 44.9 Å². The molecule has 2 fully saturated rings. The first-order chi connectivity index (χ1) is 13.1. The standard InChI is InChI=1S/C20H25N3O3S/c1-14-17(20(25)22-9-3-2-4-10-22)21-18(26-14)15-7-11-23(12-8-15)19(24)16-6-5-13-27-16/h5-6,13,15H,2-4,7-12H2,1H3. The van der Waals surface area contributed by atoms with Crippen LogP contribution in [0.5, 0.6) is 0 Å². The van der Waals surface area contributed by atoms with Crippen LogP contribution in [0.3, 0.4) is 0 Å². The highest BCUT2D eigenvalue weighted by atomic mass is 32.1. The maximum Gasteiger partial charge on any atom is 0.276 e. The largest absolute Gasteiger partial charge is 0.445 e. The first-order valence-corrected chi connectivity index (χ1v) is 10.6. The second-order valence-electron chi connectivity index (χ2n) is 7.35. The Morgan fingerprint density at radius 3 is 2.44 bits per heavy atom. The van der Waals surface area contributed by atoms with Gasteiger partial charge in [-0.25, -0.2) is 4.98 Å². The van der Waals surface area contributed by atoms with E-state index in [2.05, 4.69) is 4.98 Å². The van der Waals surface area contributed by atoms with E-state index in [1.807, 2.05) is 34.2 Å². The average Bonchev–Trinajstić information content (AvgIpc) is 3.38. The summed E-state index contributed by atoms with van der Waals surface area (Å²) in [6.45, 7) is 4.83. The lowest BCUT2D eigenvalue weighted by molar-refractivity contribution is 0.0708. The Kier molecular flexibility index (Phi) is 5.29. The summed E-state index contributed by atoms with van der Waals surface area (Å²) in [5.41, 5.74) is 0.462. The van der Waals surface area contributed by atoms with Crippen molar-refractivity contribution >= 4 is 23.2 Å². The Hall–Kier alpha value is -2.15. The SMILES string of the molecule is Cc1oc(C2CCN(C(=O)c3cccs3)CC2)nc1C(=O)N1CCCCC1. The molecule has 0 aromatic carbocycles. The molecule has 7 heteroatoms. The van der Waals surface area contributed by atoms with Crippen molar-refractivity contribution in [1.29, 1.82) is 0 Å². The van der Waals surface area contributed by atoms with Crippen LogP contribution in [0.2, 0.25) is 0 Å². The number of carbonyl (C=O) groups excluding carboxylic acids is 2. The predicted octanol–water partition coefficient (Wildman–Crippen LogP) is 3.69. The van der Waals surface area contributed by atoms with Gasteiger partial charge in [0.25, 0.3) is 11.8 Å². The third-order valence-corrected chi connectivity index (χ3v) is 6.38. The summed E-state index contributed by atoms with van der Waals surface area (Å²) in [5.74, 6) is 1.52. The molecule has 0 bridgehead atoms. The van der Waals surface area contributed by atoms with E-state index >= 15 is 0 Å². The Labute approximate surface area is 163 Å². The van der Waals surface area contributed by atoms with E-state index in [4.69, 9.17) is 4.42 Å². The molecule has 2 aromatic heterocycles. The van der Waals surface area contributed by atoms with Gasteiger partial charge < -0.3 is 14.2 Å². The topological polar surface area (TPSA) is 66.7 Å². The van der Waals surface area contributed by atoms with Gasteiger partial charge in [-0.05, 0) is 50.5 Å². The number of oxazole rings is 1. The van der Waals surface area contributed by atoms with Gasteiger partial charge >= 0.3 is 0 Å². The Morgan fingerprint density at radius 2 is 1.78 bits per heavy atom. The van der Waals surface area contributed by atoms with E-state index in [9.17, 15) is 9.59 Å². The summed E-state index contributed by atoms with van der Waals surface area (Å²) in [4.78, 5) is 34.4. The lowest BCUT2D eigenvalue weighted by Crippen LogP contribution is -2.37. The quantitative estimate of drug-likeness (QED) is 0.806. The van der Waals surface area contributed by atoms with Crippen LogP contribution in [-0.4, -0.2) is 52.8 Å². The number of amides is 2. The first-order valence-electron chi connectivity index (χ1n) is 9.73. The number of carbonyl (C=O) groups is 2. The number of thiophene rings is 1. The zero-order chi connectivity index (χ0) is 18.8. The maximum atomic E-state index is 12.7. The lowest BCUT2D eigenvalue weighted by Gasteiger charge is -2.30. The number of likely N-dealkylation sites (tertiary alicyclic amines) is 2. The van der Waals surface area contributed by atoms with E-state index in [1.54, 1.807) is 0 Å². The smallest absolute Gasteiger partial charge is 0.276 e. The van der Waals surface area contributed by atoms with Crippen molar-refractivity contribution in [3.8, 4) is 0 Å². The van der Waals surface area contributed by atoms with Crippen molar-refractivity contribution < 1.29 is 14.0 Å². The van der Waals surface area contributed by atoms with Crippen LogP contribution in [0.4, 0.5) is 0 Å². The fourth-order valence-corrected chi connectivity index (χ4v) is 4.61. The second-order valence-corrected chi connectivity index (χ2v) is 8.30. The molecule has 2 saturated heterocycles. The summed E-state index contributed by atoms with van der Waals surface area (Å²) in [7, 11) is 0. The molecule has 0 saturated carbocycles. The highest BCUT2D eigenvalue weighted by Crippen LogP contribution is 2.30. The maximum absolute atomic E-state index is 12.7. The molecule has 0 radical (unpaired) electrons. The molecule has 2 aliphatic rings. The molecule has 0 unspecified atom stereocenters. The van der Waals surface area contributed by atoms with E-state index in [-0.39, 0.29) is 17.7 Å². The van der Waals surface area contributed by atoms with Gasteiger partial charge in [-0.1, -0.05) is 6.07 Å². The van der Waals surface area contributed by atoms with E-state index in [0.717, 1.165) is 43.6 Å². The lowest BCUT2D eigenvalue weighted by atomic mass is 9.96. The molecule has 2 aliphatic heterocycles. The number of hydrogen-bond donors (Lipinski definition) is 0. The molecule has 0 atom stereocenters. The summed E-state index contributed by atoms with van der Waals surface area (Å²) >= 11 is 1.48. The molecule has 0 aliphatic carbocycles.